The van der Waals surface area contributed by atoms with Gasteiger partial charge in [-0.1, -0.05) is 74.3 Å². The molecule has 0 radical (unpaired) electrons. The molecule has 0 saturated heterocycles. The van der Waals surface area contributed by atoms with Gasteiger partial charge in [0, 0.05) is 13.1 Å². The molecular formula is C30H32Cl2F3N3O4S. The van der Waals surface area contributed by atoms with Crippen LogP contribution in [0.3, 0.4) is 0 Å². The number of hydrogen-bond donors (Lipinski definition) is 1. The molecule has 0 aliphatic heterocycles. The molecule has 0 spiro atoms. The predicted molar refractivity (Wildman–Crippen MR) is 161 cm³/mol. The van der Waals surface area contributed by atoms with E-state index >= 15 is 0 Å². The highest BCUT2D eigenvalue weighted by Crippen LogP contribution is 2.33. The molecule has 13 heteroatoms. The molecule has 1 N–H and O–H groups in total. The van der Waals surface area contributed by atoms with Crippen LogP contribution in [-0.4, -0.2) is 44.3 Å². The number of hydrogen-bond acceptors (Lipinski definition) is 4. The largest absolute Gasteiger partial charge is 0.416 e. The summed E-state index contributed by atoms with van der Waals surface area (Å²) in [6.07, 6.45) is -4.59. The number of alkyl halides is 3. The van der Waals surface area contributed by atoms with Crippen molar-refractivity contribution in [3.8, 4) is 0 Å². The third kappa shape index (κ3) is 8.87. The molecule has 0 aromatic heterocycles. The molecule has 0 saturated carbocycles. The van der Waals surface area contributed by atoms with Crippen LogP contribution in [-0.2, 0) is 32.3 Å². The first-order valence-corrected chi connectivity index (χ1v) is 15.6. The van der Waals surface area contributed by atoms with Crippen molar-refractivity contribution in [1.82, 2.24) is 10.2 Å². The van der Waals surface area contributed by atoms with Crippen molar-refractivity contribution in [3.05, 3.63) is 94.0 Å². The minimum absolute atomic E-state index is 0.119. The molecule has 43 heavy (non-hydrogen) atoms. The summed E-state index contributed by atoms with van der Waals surface area (Å²) in [5, 5.41) is 3.29. The average Bonchev–Trinajstić information content (AvgIpc) is 2.96. The van der Waals surface area contributed by atoms with E-state index in [1.165, 1.54) is 47.4 Å². The minimum Gasteiger partial charge on any atom is -0.354 e. The van der Waals surface area contributed by atoms with Gasteiger partial charge >= 0.3 is 6.18 Å². The fraction of sp³-hybridized carbons (Fsp3) is 0.333. The lowest BCUT2D eigenvalue weighted by atomic mass is 10.1. The second-order valence-corrected chi connectivity index (χ2v) is 12.9. The first-order valence-electron chi connectivity index (χ1n) is 13.4. The molecule has 0 aliphatic rings. The van der Waals surface area contributed by atoms with Gasteiger partial charge in [0.15, 0.2) is 0 Å². The smallest absolute Gasteiger partial charge is 0.354 e. The Balaban J connectivity index is 2.11. The Morgan fingerprint density at radius 3 is 2.19 bits per heavy atom. The Kier molecular flexibility index (Phi) is 11.5. The second kappa shape index (κ2) is 14.5. The highest BCUT2D eigenvalue weighted by Gasteiger charge is 2.36. The summed E-state index contributed by atoms with van der Waals surface area (Å²) in [7, 11) is -4.52. The number of carbonyl (C=O) groups is 2. The van der Waals surface area contributed by atoms with Crippen LogP contribution >= 0.6 is 23.2 Å². The van der Waals surface area contributed by atoms with Crippen LogP contribution in [0.5, 0.6) is 0 Å². The maximum Gasteiger partial charge on any atom is 0.416 e. The Bertz CT molecular complexity index is 1540. The van der Waals surface area contributed by atoms with E-state index in [1.807, 2.05) is 13.8 Å². The Labute approximate surface area is 259 Å². The quantitative estimate of drug-likeness (QED) is 0.232. The summed E-state index contributed by atoms with van der Waals surface area (Å²) in [6.45, 7) is 4.81. The van der Waals surface area contributed by atoms with Crippen LogP contribution < -0.4 is 9.62 Å². The number of amides is 2. The molecule has 7 nitrogen and oxygen atoms in total. The van der Waals surface area contributed by atoms with Gasteiger partial charge in [-0.15, -0.1) is 0 Å². The summed E-state index contributed by atoms with van der Waals surface area (Å²) < 4.78 is 69.1. The zero-order chi connectivity index (χ0) is 31.9. The SMILES string of the molecule is CCC(C(=O)NCC(C)C)N(Cc1ccc(Cl)c(Cl)c1)C(=O)CN(c1cccc(C(F)(F)F)c1)S(=O)(=O)c1ccccc1. The summed E-state index contributed by atoms with van der Waals surface area (Å²) in [5.41, 5.74) is -0.939. The Morgan fingerprint density at radius 2 is 1.60 bits per heavy atom. The van der Waals surface area contributed by atoms with Crippen molar-refractivity contribution in [2.24, 2.45) is 5.92 Å². The molecule has 0 heterocycles. The van der Waals surface area contributed by atoms with E-state index in [0.29, 0.717) is 22.5 Å². The first-order chi connectivity index (χ1) is 20.1. The number of nitrogens with one attached hydrogen (secondary N) is 1. The maximum atomic E-state index is 14.0. The lowest BCUT2D eigenvalue weighted by Crippen LogP contribution is -2.52. The van der Waals surface area contributed by atoms with E-state index < -0.39 is 46.2 Å². The van der Waals surface area contributed by atoms with E-state index in [1.54, 1.807) is 19.1 Å². The molecule has 3 aromatic carbocycles. The first kappa shape index (κ1) is 34.2. The van der Waals surface area contributed by atoms with Gasteiger partial charge < -0.3 is 10.2 Å². The van der Waals surface area contributed by atoms with Crippen molar-refractivity contribution in [2.45, 2.75) is 50.9 Å². The number of nitrogens with zero attached hydrogens (tertiary/aromatic N) is 2. The van der Waals surface area contributed by atoms with Crippen LogP contribution in [0.4, 0.5) is 18.9 Å². The molecule has 0 aliphatic carbocycles. The number of rotatable bonds is 12. The monoisotopic (exact) mass is 657 g/mol. The van der Waals surface area contributed by atoms with Crippen LogP contribution in [0.15, 0.2) is 77.7 Å². The van der Waals surface area contributed by atoms with E-state index in [4.69, 9.17) is 23.2 Å². The van der Waals surface area contributed by atoms with Crippen molar-refractivity contribution in [3.63, 3.8) is 0 Å². The van der Waals surface area contributed by atoms with E-state index in [9.17, 15) is 31.2 Å². The molecule has 0 bridgehead atoms. The zero-order valence-corrected chi connectivity index (χ0v) is 26.1. The molecule has 1 unspecified atom stereocenters. The zero-order valence-electron chi connectivity index (χ0n) is 23.7. The molecule has 3 aromatic rings. The normalized spacial score (nSPS) is 12.6. The number of halogens is 5. The fourth-order valence-electron chi connectivity index (χ4n) is 4.26. The predicted octanol–water partition coefficient (Wildman–Crippen LogP) is 6.79. The third-order valence-electron chi connectivity index (χ3n) is 6.48. The van der Waals surface area contributed by atoms with E-state index in [0.717, 1.165) is 12.1 Å². The van der Waals surface area contributed by atoms with Gasteiger partial charge in [-0.05, 0) is 60.4 Å². The summed E-state index contributed by atoms with van der Waals surface area (Å²) in [5.74, 6) is -1.15. The number of benzene rings is 3. The lowest BCUT2D eigenvalue weighted by Gasteiger charge is -2.33. The van der Waals surface area contributed by atoms with Crippen molar-refractivity contribution >= 4 is 50.7 Å². The van der Waals surface area contributed by atoms with Crippen molar-refractivity contribution < 1.29 is 31.2 Å². The van der Waals surface area contributed by atoms with Gasteiger partial charge in [-0.2, -0.15) is 13.2 Å². The highest BCUT2D eigenvalue weighted by atomic mass is 35.5. The van der Waals surface area contributed by atoms with Gasteiger partial charge in [0.25, 0.3) is 10.0 Å². The maximum absolute atomic E-state index is 14.0. The van der Waals surface area contributed by atoms with Crippen molar-refractivity contribution in [2.75, 3.05) is 17.4 Å². The molecule has 1 atom stereocenters. The van der Waals surface area contributed by atoms with Crippen LogP contribution in [0.25, 0.3) is 0 Å². The second-order valence-electron chi connectivity index (χ2n) is 10.2. The number of anilines is 1. The van der Waals surface area contributed by atoms with Crippen molar-refractivity contribution in [1.29, 1.82) is 0 Å². The van der Waals surface area contributed by atoms with Crippen LogP contribution in [0.1, 0.15) is 38.3 Å². The van der Waals surface area contributed by atoms with Gasteiger partial charge in [0.2, 0.25) is 11.8 Å². The minimum atomic E-state index is -4.76. The lowest BCUT2D eigenvalue weighted by molar-refractivity contribution is -0.140. The van der Waals surface area contributed by atoms with Crippen LogP contribution in [0, 0.1) is 5.92 Å². The molecular weight excluding hydrogens is 626 g/mol. The average molecular weight is 659 g/mol. The van der Waals surface area contributed by atoms with E-state index in [2.05, 4.69) is 5.32 Å². The molecule has 232 valence electrons. The van der Waals surface area contributed by atoms with E-state index in [-0.39, 0.29) is 39.5 Å². The summed E-state index contributed by atoms with van der Waals surface area (Å²) in [6, 6.07) is 14.4. The van der Waals surface area contributed by atoms with Crippen LogP contribution in [0.2, 0.25) is 10.0 Å². The Hall–Kier alpha value is -3.28. The topological polar surface area (TPSA) is 86.8 Å². The number of carbonyl (C=O) groups excluding carboxylic acids is 2. The summed E-state index contributed by atoms with van der Waals surface area (Å²) in [4.78, 5) is 28.3. The molecule has 2 amide bonds. The fourth-order valence-corrected chi connectivity index (χ4v) is 6.01. The number of sulfonamides is 1. The molecule has 3 rings (SSSR count). The van der Waals surface area contributed by atoms with Gasteiger partial charge in [0.05, 0.1) is 26.2 Å². The summed E-state index contributed by atoms with van der Waals surface area (Å²) >= 11 is 12.2. The van der Waals surface area contributed by atoms with Gasteiger partial charge in [-0.3, -0.25) is 13.9 Å². The molecule has 0 fully saturated rings. The van der Waals surface area contributed by atoms with Gasteiger partial charge in [0.1, 0.15) is 12.6 Å². The van der Waals surface area contributed by atoms with Gasteiger partial charge in [-0.25, -0.2) is 8.42 Å². The highest BCUT2D eigenvalue weighted by molar-refractivity contribution is 7.92. The standard InChI is InChI=1S/C30H32Cl2F3N3O4S/c1-4-27(29(40)36-17-20(2)3)37(18-21-13-14-25(31)26(32)15-21)28(39)19-38(43(41,42)24-11-6-5-7-12-24)23-10-8-9-22(16-23)30(33,34)35/h5-16,20,27H,4,17-19H2,1-3H3,(H,36,40). The third-order valence-corrected chi connectivity index (χ3v) is 9.01. The Morgan fingerprint density at radius 1 is 0.930 bits per heavy atom.